The summed E-state index contributed by atoms with van der Waals surface area (Å²) in [5, 5.41) is 0. The van der Waals surface area contributed by atoms with E-state index in [1.165, 1.54) is 6.42 Å². The average molecular weight is 264 g/mol. The first-order chi connectivity index (χ1) is 8.97. The molecule has 1 unspecified atom stereocenters. The molecule has 0 bridgehead atoms. The zero-order chi connectivity index (χ0) is 14.0. The van der Waals surface area contributed by atoms with Gasteiger partial charge in [-0.3, -0.25) is 4.90 Å². The maximum Gasteiger partial charge on any atom is 0.127 e. The highest BCUT2D eigenvalue weighted by atomic mass is 19.1. The maximum atomic E-state index is 14.1. The van der Waals surface area contributed by atoms with E-state index in [9.17, 15) is 4.39 Å². The minimum absolute atomic E-state index is 0.0560. The van der Waals surface area contributed by atoms with Crippen LogP contribution in [0.2, 0.25) is 0 Å². The third-order valence-electron chi connectivity index (χ3n) is 4.12. The van der Waals surface area contributed by atoms with Crippen molar-refractivity contribution in [2.75, 3.05) is 27.2 Å². The summed E-state index contributed by atoms with van der Waals surface area (Å²) in [5.41, 5.74) is 1.90. The van der Waals surface area contributed by atoms with Crippen molar-refractivity contribution in [1.82, 2.24) is 9.80 Å². The standard InChI is InChI=1S/C16H25FN2/c1-12(2)13-5-6-14(16(17)9-13)10-19-8-7-15(11-19)18(3)4/h5-6,9,12,15H,7-8,10-11H2,1-4H3. The van der Waals surface area contributed by atoms with E-state index in [0.717, 1.165) is 30.8 Å². The van der Waals surface area contributed by atoms with Gasteiger partial charge < -0.3 is 4.90 Å². The Morgan fingerprint density at radius 3 is 2.63 bits per heavy atom. The summed E-state index contributed by atoms with van der Waals surface area (Å²) < 4.78 is 14.1. The minimum atomic E-state index is -0.0560. The number of likely N-dealkylation sites (N-methyl/N-ethyl adjacent to an activating group) is 1. The zero-order valence-corrected chi connectivity index (χ0v) is 12.5. The van der Waals surface area contributed by atoms with E-state index in [1.807, 2.05) is 6.07 Å². The molecule has 0 aromatic heterocycles. The van der Waals surface area contributed by atoms with Crippen LogP contribution in [0, 0.1) is 5.82 Å². The fourth-order valence-electron chi connectivity index (χ4n) is 2.67. The Morgan fingerprint density at radius 2 is 2.11 bits per heavy atom. The summed E-state index contributed by atoms with van der Waals surface area (Å²) in [6, 6.07) is 6.31. The van der Waals surface area contributed by atoms with Crippen molar-refractivity contribution in [2.24, 2.45) is 0 Å². The van der Waals surface area contributed by atoms with E-state index < -0.39 is 0 Å². The Bertz CT molecular complexity index is 429. The Balaban J connectivity index is 2.00. The van der Waals surface area contributed by atoms with Crippen LogP contribution in [-0.2, 0) is 6.54 Å². The molecule has 106 valence electrons. The van der Waals surface area contributed by atoms with Crippen LogP contribution >= 0.6 is 0 Å². The Morgan fingerprint density at radius 1 is 1.37 bits per heavy atom. The van der Waals surface area contributed by atoms with E-state index in [1.54, 1.807) is 6.07 Å². The van der Waals surface area contributed by atoms with Gasteiger partial charge in [-0.2, -0.15) is 0 Å². The van der Waals surface area contributed by atoms with Gasteiger partial charge in [0.1, 0.15) is 5.82 Å². The fourth-order valence-corrected chi connectivity index (χ4v) is 2.67. The normalized spacial score (nSPS) is 20.7. The van der Waals surface area contributed by atoms with Gasteiger partial charge in [-0.05, 0) is 38.1 Å². The molecule has 2 nitrogen and oxygen atoms in total. The van der Waals surface area contributed by atoms with Crippen molar-refractivity contribution in [3.05, 3.63) is 35.1 Å². The third-order valence-corrected chi connectivity index (χ3v) is 4.12. The van der Waals surface area contributed by atoms with Crippen LogP contribution in [-0.4, -0.2) is 43.0 Å². The van der Waals surface area contributed by atoms with Crippen LogP contribution < -0.4 is 0 Å². The molecule has 1 aliphatic heterocycles. The van der Waals surface area contributed by atoms with Gasteiger partial charge >= 0.3 is 0 Å². The van der Waals surface area contributed by atoms with Gasteiger partial charge in [-0.1, -0.05) is 26.0 Å². The largest absolute Gasteiger partial charge is 0.305 e. The molecule has 0 amide bonds. The molecule has 0 radical (unpaired) electrons. The first-order valence-electron chi connectivity index (χ1n) is 7.14. The molecule has 1 heterocycles. The Labute approximate surface area is 116 Å². The monoisotopic (exact) mass is 264 g/mol. The number of nitrogens with zero attached hydrogens (tertiary/aromatic N) is 2. The molecule has 0 aliphatic carbocycles. The molecule has 1 aromatic carbocycles. The van der Waals surface area contributed by atoms with Gasteiger partial charge in [0.05, 0.1) is 0 Å². The van der Waals surface area contributed by atoms with E-state index in [4.69, 9.17) is 0 Å². The molecular weight excluding hydrogens is 239 g/mol. The lowest BCUT2D eigenvalue weighted by Crippen LogP contribution is -2.31. The third kappa shape index (κ3) is 3.54. The fraction of sp³-hybridized carbons (Fsp3) is 0.625. The van der Waals surface area contributed by atoms with Gasteiger partial charge in [0.2, 0.25) is 0 Å². The topological polar surface area (TPSA) is 6.48 Å². The highest BCUT2D eigenvalue weighted by molar-refractivity contribution is 5.26. The molecule has 0 spiro atoms. The second kappa shape index (κ2) is 6.02. The number of hydrogen-bond donors (Lipinski definition) is 0. The number of hydrogen-bond acceptors (Lipinski definition) is 2. The summed E-state index contributed by atoms with van der Waals surface area (Å²) >= 11 is 0. The number of halogens is 1. The molecule has 1 aromatic rings. The van der Waals surface area contributed by atoms with Crippen molar-refractivity contribution in [3.63, 3.8) is 0 Å². The smallest absolute Gasteiger partial charge is 0.127 e. The molecule has 1 atom stereocenters. The molecule has 3 heteroatoms. The quantitative estimate of drug-likeness (QED) is 0.824. The number of likely N-dealkylation sites (tertiary alicyclic amines) is 1. The summed E-state index contributed by atoms with van der Waals surface area (Å²) in [7, 11) is 4.23. The van der Waals surface area contributed by atoms with Crippen molar-refractivity contribution in [3.8, 4) is 0 Å². The van der Waals surface area contributed by atoms with E-state index >= 15 is 0 Å². The van der Waals surface area contributed by atoms with Gasteiger partial charge in [0, 0.05) is 31.2 Å². The van der Waals surface area contributed by atoms with Crippen LogP contribution in [0.1, 0.15) is 37.3 Å². The molecule has 1 aliphatic rings. The first kappa shape index (κ1) is 14.5. The molecule has 0 saturated carbocycles. The predicted molar refractivity (Wildman–Crippen MR) is 77.9 cm³/mol. The van der Waals surface area contributed by atoms with Crippen LogP contribution in [0.25, 0.3) is 0 Å². The van der Waals surface area contributed by atoms with Crippen molar-refractivity contribution < 1.29 is 4.39 Å². The zero-order valence-electron chi connectivity index (χ0n) is 12.5. The summed E-state index contributed by atoms with van der Waals surface area (Å²) in [5.74, 6) is 0.327. The van der Waals surface area contributed by atoms with Crippen molar-refractivity contribution in [2.45, 2.75) is 38.8 Å². The summed E-state index contributed by atoms with van der Waals surface area (Å²) in [6.45, 7) is 7.02. The molecule has 2 rings (SSSR count). The lowest BCUT2D eigenvalue weighted by atomic mass is 10.0. The van der Waals surface area contributed by atoms with Gasteiger partial charge in [0.15, 0.2) is 0 Å². The Hall–Kier alpha value is -0.930. The van der Waals surface area contributed by atoms with Gasteiger partial charge in [0.25, 0.3) is 0 Å². The van der Waals surface area contributed by atoms with E-state index in [0.29, 0.717) is 12.0 Å². The molecule has 1 saturated heterocycles. The average Bonchev–Trinajstić information content (AvgIpc) is 2.80. The molecule has 19 heavy (non-hydrogen) atoms. The van der Waals surface area contributed by atoms with Crippen molar-refractivity contribution >= 4 is 0 Å². The van der Waals surface area contributed by atoms with Gasteiger partial charge in [-0.25, -0.2) is 4.39 Å². The highest BCUT2D eigenvalue weighted by Gasteiger charge is 2.24. The maximum absolute atomic E-state index is 14.1. The predicted octanol–water partition coefficient (Wildman–Crippen LogP) is 3.09. The SMILES string of the molecule is CC(C)c1ccc(CN2CCC(N(C)C)C2)c(F)c1. The van der Waals surface area contributed by atoms with E-state index in [-0.39, 0.29) is 5.82 Å². The molecule has 1 fully saturated rings. The van der Waals surface area contributed by atoms with Crippen LogP contribution in [0.5, 0.6) is 0 Å². The summed E-state index contributed by atoms with van der Waals surface area (Å²) in [4.78, 5) is 4.61. The molecule has 0 N–H and O–H groups in total. The number of rotatable bonds is 4. The first-order valence-corrected chi connectivity index (χ1v) is 7.14. The van der Waals surface area contributed by atoms with Crippen LogP contribution in [0.3, 0.4) is 0 Å². The van der Waals surface area contributed by atoms with Crippen LogP contribution in [0.15, 0.2) is 18.2 Å². The van der Waals surface area contributed by atoms with Gasteiger partial charge in [-0.15, -0.1) is 0 Å². The second-order valence-electron chi connectivity index (χ2n) is 6.15. The minimum Gasteiger partial charge on any atom is -0.305 e. The van der Waals surface area contributed by atoms with E-state index in [2.05, 4.69) is 43.8 Å². The summed E-state index contributed by atoms with van der Waals surface area (Å²) in [6.07, 6.45) is 1.18. The lowest BCUT2D eigenvalue weighted by Gasteiger charge is -2.20. The van der Waals surface area contributed by atoms with Crippen molar-refractivity contribution in [1.29, 1.82) is 0 Å². The lowest BCUT2D eigenvalue weighted by molar-refractivity contribution is 0.263. The Kier molecular flexibility index (Phi) is 4.58. The molecular formula is C16H25FN2. The highest BCUT2D eigenvalue weighted by Crippen LogP contribution is 2.21. The van der Waals surface area contributed by atoms with Crippen LogP contribution in [0.4, 0.5) is 4.39 Å². The second-order valence-corrected chi connectivity index (χ2v) is 6.15. The number of benzene rings is 1.